The summed E-state index contributed by atoms with van der Waals surface area (Å²) in [5.41, 5.74) is 1.49. The number of rotatable bonds is 10. The number of ether oxygens (including phenoxy) is 1. The van der Waals surface area contributed by atoms with Gasteiger partial charge in [0.1, 0.15) is 10.6 Å². The maximum absolute atomic E-state index is 12.6. The molecule has 0 spiro atoms. The fraction of sp³-hybridized carbons (Fsp3) is 0.381. The summed E-state index contributed by atoms with van der Waals surface area (Å²) >= 11 is 0. The first-order chi connectivity index (χ1) is 13.4. The molecule has 0 unspecified atom stereocenters. The Morgan fingerprint density at radius 1 is 1.14 bits per heavy atom. The number of carbonyl (C=O) groups is 1. The Morgan fingerprint density at radius 2 is 1.86 bits per heavy atom. The van der Waals surface area contributed by atoms with Crippen molar-refractivity contribution in [2.24, 2.45) is 0 Å². The highest BCUT2D eigenvalue weighted by molar-refractivity contribution is 7.89. The van der Waals surface area contributed by atoms with Crippen LogP contribution in [0.4, 0.5) is 0 Å². The van der Waals surface area contributed by atoms with E-state index >= 15 is 0 Å². The van der Waals surface area contributed by atoms with Crippen LogP contribution in [0.25, 0.3) is 0 Å². The van der Waals surface area contributed by atoms with Gasteiger partial charge in [0.25, 0.3) is 5.91 Å². The van der Waals surface area contributed by atoms with Crippen LogP contribution in [0.3, 0.4) is 0 Å². The highest BCUT2D eigenvalue weighted by Gasteiger charge is 2.21. The van der Waals surface area contributed by atoms with Gasteiger partial charge < -0.3 is 10.1 Å². The SMILES string of the molecule is CCCNS(=O)(=O)c1cc(C(=O)N[C@@H](C)CCc2ccccc2)ccc1OC. The van der Waals surface area contributed by atoms with Crippen LogP contribution in [-0.2, 0) is 16.4 Å². The molecule has 0 aliphatic heterocycles. The summed E-state index contributed by atoms with van der Waals surface area (Å²) in [7, 11) is -2.35. The number of hydrogen-bond donors (Lipinski definition) is 2. The largest absolute Gasteiger partial charge is 0.495 e. The van der Waals surface area contributed by atoms with E-state index in [1.54, 1.807) is 6.07 Å². The molecule has 0 fully saturated rings. The van der Waals surface area contributed by atoms with Crippen LogP contribution in [-0.4, -0.2) is 34.0 Å². The molecule has 28 heavy (non-hydrogen) atoms. The van der Waals surface area contributed by atoms with Crippen LogP contribution in [0.5, 0.6) is 5.75 Å². The van der Waals surface area contributed by atoms with Crippen LogP contribution in [0.1, 0.15) is 42.6 Å². The summed E-state index contributed by atoms with van der Waals surface area (Å²) in [6.07, 6.45) is 2.31. The molecule has 0 aliphatic carbocycles. The van der Waals surface area contributed by atoms with Crippen molar-refractivity contribution in [3.8, 4) is 5.75 Å². The summed E-state index contributed by atoms with van der Waals surface area (Å²) in [5, 5.41) is 2.93. The Kier molecular flexibility index (Phi) is 8.02. The Bertz CT molecular complexity index is 883. The number of benzene rings is 2. The van der Waals surface area contributed by atoms with E-state index in [-0.39, 0.29) is 28.2 Å². The zero-order chi connectivity index (χ0) is 20.6. The normalized spacial score (nSPS) is 12.4. The van der Waals surface area contributed by atoms with Crippen molar-refractivity contribution in [2.75, 3.05) is 13.7 Å². The molecule has 0 aliphatic rings. The molecule has 0 aromatic heterocycles. The van der Waals surface area contributed by atoms with Gasteiger partial charge in [-0.15, -0.1) is 0 Å². The molecular formula is C21H28N2O4S. The van der Waals surface area contributed by atoms with Gasteiger partial charge in [-0.3, -0.25) is 4.79 Å². The first-order valence-corrected chi connectivity index (χ1v) is 10.9. The number of methoxy groups -OCH3 is 1. The monoisotopic (exact) mass is 404 g/mol. The maximum Gasteiger partial charge on any atom is 0.251 e. The zero-order valence-corrected chi connectivity index (χ0v) is 17.4. The molecule has 0 bridgehead atoms. The van der Waals surface area contributed by atoms with E-state index in [1.807, 2.05) is 32.0 Å². The van der Waals surface area contributed by atoms with E-state index in [9.17, 15) is 13.2 Å². The third kappa shape index (κ3) is 6.07. The number of sulfonamides is 1. The standard InChI is InChI=1S/C21H28N2O4S/c1-4-14-22-28(25,26)20-15-18(12-13-19(20)27-3)21(24)23-16(2)10-11-17-8-6-5-7-9-17/h5-9,12-13,15-16,22H,4,10-11,14H2,1-3H3,(H,23,24)/t16-/m0/s1. The molecule has 7 heteroatoms. The van der Waals surface area contributed by atoms with Crippen molar-refractivity contribution in [1.82, 2.24) is 10.0 Å². The highest BCUT2D eigenvalue weighted by atomic mass is 32.2. The number of aryl methyl sites for hydroxylation is 1. The van der Waals surface area contributed by atoms with Crippen molar-refractivity contribution in [1.29, 1.82) is 0 Å². The first-order valence-electron chi connectivity index (χ1n) is 9.40. The second-order valence-corrected chi connectivity index (χ2v) is 8.40. The molecule has 1 amide bonds. The number of carbonyl (C=O) groups excluding carboxylic acids is 1. The lowest BCUT2D eigenvalue weighted by Gasteiger charge is -2.15. The minimum atomic E-state index is -3.75. The van der Waals surface area contributed by atoms with Crippen molar-refractivity contribution >= 4 is 15.9 Å². The predicted octanol–water partition coefficient (Wildman–Crippen LogP) is 3.13. The third-order valence-corrected chi connectivity index (χ3v) is 5.83. The van der Waals surface area contributed by atoms with Gasteiger partial charge in [0.15, 0.2) is 0 Å². The lowest BCUT2D eigenvalue weighted by Crippen LogP contribution is -2.33. The summed E-state index contributed by atoms with van der Waals surface area (Å²) in [5.74, 6) is -0.104. The zero-order valence-electron chi connectivity index (χ0n) is 16.6. The molecular weight excluding hydrogens is 376 g/mol. The quantitative estimate of drug-likeness (QED) is 0.637. The van der Waals surface area contributed by atoms with E-state index in [0.717, 1.165) is 12.8 Å². The predicted molar refractivity (Wildman–Crippen MR) is 110 cm³/mol. The number of nitrogens with one attached hydrogen (secondary N) is 2. The fourth-order valence-electron chi connectivity index (χ4n) is 2.75. The van der Waals surface area contributed by atoms with Crippen LogP contribution in [0.2, 0.25) is 0 Å². The van der Waals surface area contributed by atoms with Crippen LogP contribution < -0.4 is 14.8 Å². The van der Waals surface area contributed by atoms with Gasteiger partial charge in [-0.1, -0.05) is 37.3 Å². The van der Waals surface area contributed by atoms with Crippen LogP contribution >= 0.6 is 0 Å². The summed E-state index contributed by atoms with van der Waals surface area (Å²) < 4.78 is 32.7. The van der Waals surface area contributed by atoms with Gasteiger partial charge >= 0.3 is 0 Å². The Balaban J connectivity index is 2.09. The van der Waals surface area contributed by atoms with Crippen LogP contribution in [0, 0.1) is 0 Å². The first kappa shape index (κ1) is 21.9. The van der Waals surface area contributed by atoms with Crippen molar-refractivity contribution in [3.63, 3.8) is 0 Å². The molecule has 0 heterocycles. The molecule has 2 rings (SSSR count). The number of hydrogen-bond acceptors (Lipinski definition) is 4. The van der Waals surface area contributed by atoms with E-state index in [2.05, 4.69) is 22.2 Å². The second-order valence-electron chi connectivity index (χ2n) is 6.66. The molecule has 0 saturated heterocycles. The fourth-order valence-corrected chi connectivity index (χ4v) is 4.08. The maximum atomic E-state index is 12.6. The number of amides is 1. The lowest BCUT2D eigenvalue weighted by atomic mass is 10.1. The molecule has 1 atom stereocenters. The second kappa shape index (κ2) is 10.2. The highest BCUT2D eigenvalue weighted by Crippen LogP contribution is 2.25. The third-order valence-electron chi connectivity index (χ3n) is 4.34. The van der Waals surface area contributed by atoms with Gasteiger partial charge in [0.05, 0.1) is 7.11 Å². The van der Waals surface area contributed by atoms with Gasteiger partial charge in [-0.25, -0.2) is 13.1 Å². The Hall–Kier alpha value is -2.38. The average Bonchev–Trinajstić information content (AvgIpc) is 2.71. The van der Waals surface area contributed by atoms with Gasteiger partial charge in [0, 0.05) is 18.2 Å². The lowest BCUT2D eigenvalue weighted by molar-refractivity contribution is 0.0938. The molecule has 0 radical (unpaired) electrons. The average molecular weight is 405 g/mol. The molecule has 6 nitrogen and oxygen atoms in total. The van der Waals surface area contributed by atoms with Crippen molar-refractivity contribution in [2.45, 2.75) is 44.0 Å². The van der Waals surface area contributed by atoms with Crippen LogP contribution in [0.15, 0.2) is 53.4 Å². The Morgan fingerprint density at radius 3 is 2.50 bits per heavy atom. The van der Waals surface area contributed by atoms with Gasteiger partial charge in [-0.05, 0) is 49.9 Å². The van der Waals surface area contributed by atoms with E-state index in [0.29, 0.717) is 13.0 Å². The minimum absolute atomic E-state index is 0.0342. The Labute approximate surface area is 167 Å². The summed E-state index contributed by atoms with van der Waals surface area (Å²) in [4.78, 5) is 12.6. The molecule has 152 valence electrons. The van der Waals surface area contributed by atoms with Gasteiger partial charge in [0.2, 0.25) is 10.0 Å². The molecule has 2 aromatic carbocycles. The van der Waals surface area contributed by atoms with E-state index in [1.165, 1.54) is 24.8 Å². The van der Waals surface area contributed by atoms with E-state index < -0.39 is 10.0 Å². The smallest absolute Gasteiger partial charge is 0.251 e. The molecule has 2 aromatic rings. The minimum Gasteiger partial charge on any atom is -0.495 e. The molecule has 0 saturated carbocycles. The molecule has 2 N–H and O–H groups in total. The van der Waals surface area contributed by atoms with Crippen molar-refractivity contribution in [3.05, 3.63) is 59.7 Å². The summed E-state index contributed by atoms with van der Waals surface area (Å²) in [6.45, 7) is 4.13. The topological polar surface area (TPSA) is 84.5 Å². The van der Waals surface area contributed by atoms with E-state index in [4.69, 9.17) is 4.74 Å². The van der Waals surface area contributed by atoms with Crippen molar-refractivity contribution < 1.29 is 17.9 Å². The van der Waals surface area contributed by atoms with Gasteiger partial charge in [-0.2, -0.15) is 0 Å². The summed E-state index contributed by atoms with van der Waals surface area (Å²) in [6, 6.07) is 14.4.